The highest BCUT2D eigenvalue weighted by molar-refractivity contribution is 6.04. The molecule has 1 saturated carbocycles. The lowest BCUT2D eigenvalue weighted by atomic mass is 9.95. The monoisotopic (exact) mass is 536 g/mol. The molecule has 0 amide bonds. The van der Waals surface area contributed by atoms with Crippen LogP contribution in [0, 0.1) is 22.6 Å². The standard InChI is InChI=1S/C30H30FN9/c1-30(2,3)17-34-27-19(12-32)13-33-29-24(20-14-35-36-15-20)10-22(11-25(27)29)37-28(18-4-6-21(31)7-5-18)26-16-40(39-38-26)23-8-9-23/h4-7,10-11,13-16,23,28,37H,8-9,17H2,1-3H3,(H,33,34)(H,35,36)/t28-/m0/s1/i28D. The topological polar surface area (TPSA) is 120 Å². The molecule has 202 valence electrons. The molecule has 40 heavy (non-hydrogen) atoms. The Morgan fingerprint density at radius 2 is 2.02 bits per heavy atom. The Labute approximate surface area is 232 Å². The molecule has 0 radical (unpaired) electrons. The molecular formula is C30H30FN9. The average Bonchev–Trinajstić information content (AvgIpc) is 3.42. The predicted octanol–water partition coefficient (Wildman–Crippen LogP) is 6.22. The average molecular weight is 537 g/mol. The van der Waals surface area contributed by atoms with Crippen LogP contribution in [0.15, 0.2) is 61.2 Å². The molecular weight excluding hydrogens is 505 g/mol. The van der Waals surface area contributed by atoms with E-state index in [1.54, 1.807) is 41.6 Å². The van der Waals surface area contributed by atoms with Crippen molar-refractivity contribution in [1.29, 1.82) is 5.26 Å². The molecule has 3 heterocycles. The van der Waals surface area contributed by atoms with Gasteiger partial charge in [-0.15, -0.1) is 5.10 Å². The Balaban J connectivity index is 1.54. The molecule has 1 aliphatic carbocycles. The van der Waals surface area contributed by atoms with Gasteiger partial charge in [0.1, 0.15) is 17.6 Å². The van der Waals surface area contributed by atoms with E-state index in [1.807, 2.05) is 12.1 Å². The lowest BCUT2D eigenvalue weighted by Crippen LogP contribution is -2.20. The van der Waals surface area contributed by atoms with Crippen LogP contribution in [0.2, 0.25) is 0 Å². The van der Waals surface area contributed by atoms with Crippen molar-refractivity contribution in [3.8, 4) is 17.2 Å². The molecule has 0 unspecified atom stereocenters. The number of nitriles is 1. The Bertz CT molecular complexity index is 1750. The summed E-state index contributed by atoms with van der Waals surface area (Å²) >= 11 is 0. The normalized spacial score (nSPS) is 15.3. The zero-order valence-electron chi connectivity index (χ0n) is 23.5. The Morgan fingerprint density at radius 1 is 1.23 bits per heavy atom. The molecule has 6 rings (SSSR count). The smallest absolute Gasteiger partial charge is 0.123 e. The minimum absolute atomic E-state index is 0.0438. The number of H-pyrrole nitrogens is 1. The zero-order valence-corrected chi connectivity index (χ0v) is 22.5. The van der Waals surface area contributed by atoms with Gasteiger partial charge in [0.2, 0.25) is 0 Å². The fraction of sp³-hybridized carbons (Fsp3) is 0.300. The summed E-state index contributed by atoms with van der Waals surface area (Å²) in [6.07, 6.45) is 8.88. The van der Waals surface area contributed by atoms with E-state index in [4.69, 9.17) is 0 Å². The van der Waals surface area contributed by atoms with Crippen LogP contribution in [-0.2, 0) is 0 Å². The highest BCUT2D eigenvalue weighted by atomic mass is 19.1. The van der Waals surface area contributed by atoms with Crippen molar-refractivity contribution in [2.24, 2.45) is 5.41 Å². The number of hydrogen-bond acceptors (Lipinski definition) is 7. The molecule has 2 aromatic carbocycles. The number of nitrogens with one attached hydrogen (secondary N) is 3. The molecule has 0 bridgehead atoms. The molecule has 1 atom stereocenters. The number of nitrogens with zero attached hydrogens (tertiary/aromatic N) is 6. The fourth-order valence-corrected chi connectivity index (χ4v) is 4.58. The second-order valence-electron chi connectivity index (χ2n) is 11.3. The summed E-state index contributed by atoms with van der Waals surface area (Å²) in [5.41, 5.74) is 4.77. The number of fused-ring (bicyclic) bond motifs is 1. The number of pyridine rings is 1. The Morgan fingerprint density at radius 3 is 2.70 bits per heavy atom. The molecule has 0 aliphatic heterocycles. The van der Waals surface area contributed by atoms with Crippen LogP contribution >= 0.6 is 0 Å². The van der Waals surface area contributed by atoms with Crippen LogP contribution in [0.1, 0.15) is 63.9 Å². The summed E-state index contributed by atoms with van der Waals surface area (Å²) in [4.78, 5) is 4.66. The maximum absolute atomic E-state index is 13.9. The third-order valence-electron chi connectivity index (χ3n) is 6.79. The van der Waals surface area contributed by atoms with E-state index in [2.05, 4.69) is 63.0 Å². The maximum Gasteiger partial charge on any atom is 0.123 e. The van der Waals surface area contributed by atoms with Gasteiger partial charge in [0.15, 0.2) is 0 Å². The number of aromatic nitrogens is 6. The van der Waals surface area contributed by atoms with Gasteiger partial charge in [-0.25, -0.2) is 9.07 Å². The lowest BCUT2D eigenvalue weighted by Gasteiger charge is -2.23. The third-order valence-corrected chi connectivity index (χ3v) is 6.79. The van der Waals surface area contributed by atoms with E-state index in [0.717, 1.165) is 29.4 Å². The molecule has 9 nitrogen and oxygen atoms in total. The third kappa shape index (κ3) is 5.23. The second kappa shape index (κ2) is 10.1. The van der Waals surface area contributed by atoms with Gasteiger partial charge >= 0.3 is 0 Å². The number of benzene rings is 2. The molecule has 5 aromatic rings. The maximum atomic E-state index is 13.9. The van der Waals surface area contributed by atoms with Crippen molar-refractivity contribution in [2.45, 2.75) is 45.7 Å². The Kier molecular flexibility index (Phi) is 6.11. The van der Waals surface area contributed by atoms with Crippen molar-refractivity contribution in [3.63, 3.8) is 0 Å². The summed E-state index contributed by atoms with van der Waals surface area (Å²) in [5.74, 6) is -0.393. The molecule has 1 aliphatic rings. The van der Waals surface area contributed by atoms with Crippen molar-refractivity contribution in [3.05, 3.63) is 83.8 Å². The summed E-state index contributed by atoms with van der Waals surface area (Å²) in [5, 5.41) is 33.2. The van der Waals surface area contributed by atoms with Gasteiger partial charge in [0.05, 0.1) is 42.6 Å². The SMILES string of the molecule is [2H][C@](Nc1cc(-c2cn[nH]c2)c2ncc(C#N)c(NCC(C)(C)C)c2c1)(c1ccc(F)cc1)c1cn(C2CC2)nn1. The molecule has 3 aromatic heterocycles. The Hall–Kier alpha value is -4.78. The highest BCUT2D eigenvalue weighted by Crippen LogP contribution is 2.39. The minimum Gasteiger partial charge on any atom is -0.383 e. The fourth-order valence-electron chi connectivity index (χ4n) is 4.58. The highest BCUT2D eigenvalue weighted by Gasteiger charge is 2.27. The number of hydrogen-bond donors (Lipinski definition) is 3. The molecule has 10 heteroatoms. The quantitative estimate of drug-likeness (QED) is 0.215. The molecule has 3 N–H and O–H groups in total. The number of aromatic amines is 1. The van der Waals surface area contributed by atoms with Crippen LogP contribution in [0.25, 0.3) is 22.0 Å². The first-order chi connectivity index (χ1) is 19.6. The van der Waals surface area contributed by atoms with Crippen molar-refractivity contribution >= 4 is 22.3 Å². The van der Waals surface area contributed by atoms with E-state index in [0.29, 0.717) is 40.3 Å². The van der Waals surface area contributed by atoms with Crippen LogP contribution in [0.3, 0.4) is 0 Å². The van der Waals surface area contributed by atoms with Crippen molar-refractivity contribution in [1.82, 2.24) is 30.2 Å². The van der Waals surface area contributed by atoms with E-state index >= 15 is 0 Å². The van der Waals surface area contributed by atoms with E-state index < -0.39 is 11.8 Å². The minimum atomic E-state index is -1.60. The number of anilines is 2. The summed E-state index contributed by atoms with van der Waals surface area (Å²) in [6.45, 7) is 6.98. The summed E-state index contributed by atoms with van der Waals surface area (Å²) < 4.78 is 25.4. The van der Waals surface area contributed by atoms with Crippen molar-refractivity contribution in [2.75, 3.05) is 17.2 Å². The van der Waals surface area contributed by atoms with Gasteiger partial charge in [-0.3, -0.25) is 10.1 Å². The summed E-state index contributed by atoms with van der Waals surface area (Å²) in [6, 6.07) is 10.6. The van der Waals surface area contributed by atoms with Crippen LogP contribution in [0.5, 0.6) is 0 Å². The number of halogens is 1. The van der Waals surface area contributed by atoms with Crippen LogP contribution < -0.4 is 10.6 Å². The van der Waals surface area contributed by atoms with Gasteiger partial charge in [0, 0.05) is 41.1 Å². The molecule has 1 fully saturated rings. The van der Waals surface area contributed by atoms with E-state index in [1.165, 1.54) is 12.1 Å². The van der Waals surface area contributed by atoms with E-state index in [-0.39, 0.29) is 11.5 Å². The molecule has 0 saturated heterocycles. The van der Waals surface area contributed by atoms with Crippen molar-refractivity contribution < 1.29 is 5.76 Å². The van der Waals surface area contributed by atoms with Crippen LogP contribution in [-0.4, -0.2) is 36.7 Å². The van der Waals surface area contributed by atoms with Gasteiger partial charge in [-0.1, -0.05) is 38.1 Å². The van der Waals surface area contributed by atoms with Gasteiger partial charge in [-0.2, -0.15) is 10.4 Å². The van der Waals surface area contributed by atoms with E-state index in [9.17, 15) is 11.0 Å². The first kappa shape index (κ1) is 24.3. The van der Waals surface area contributed by atoms with Gasteiger partial charge in [0.25, 0.3) is 0 Å². The van der Waals surface area contributed by atoms with Gasteiger partial charge < -0.3 is 10.6 Å². The predicted molar refractivity (Wildman–Crippen MR) is 152 cm³/mol. The first-order valence-electron chi connectivity index (χ1n) is 13.7. The first-order valence-corrected chi connectivity index (χ1v) is 13.2. The largest absolute Gasteiger partial charge is 0.383 e. The van der Waals surface area contributed by atoms with Crippen LogP contribution in [0.4, 0.5) is 15.8 Å². The van der Waals surface area contributed by atoms with Gasteiger partial charge in [-0.05, 0) is 48.1 Å². The number of rotatable bonds is 8. The zero-order chi connectivity index (χ0) is 28.8. The molecule has 0 spiro atoms. The lowest BCUT2D eigenvalue weighted by molar-refractivity contribution is 0.443. The second-order valence-corrected chi connectivity index (χ2v) is 11.3. The summed E-state index contributed by atoms with van der Waals surface area (Å²) in [7, 11) is 0.